The summed E-state index contributed by atoms with van der Waals surface area (Å²) in [4.78, 5) is 10.2. The zero-order valence-electron chi connectivity index (χ0n) is 5.13. The van der Waals surface area contributed by atoms with E-state index in [2.05, 4.69) is 4.74 Å². The van der Waals surface area contributed by atoms with E-state index in [1.165, 1.54) is 7.11 Å². The van der Waals surface area contributed by atoms with Gasteiger partial charge in [-0.1, -0.05) is 0 Å². The molecular formula is C5H9FO3. The molecule has 0 aromatic carbocycles. The van der Waals surface area contributed by atoms with Crippen molar-refractivity contribution in [1.82, 2.24) is 0 Å². The molecule has 0 rings (SSSR count). The Hall–Kier alpha value is -0.640. The number of alkyl halides is 1. The van der Waals surface area contributed by atoms with E-state index in [0.29, 0.717) is 0 Å². The van der Waals surface area contributed by atoms with Crippen LogP contribution in [0.25, 0.3) is 0 Å². The third-order valence-electron chi connectivity index (χ3n) is 0.808. The molecule has 0 aromatic rings. The third kappa shape index (κ3) is 3.90. The van der Waals surface area contributed by atoms with E-state index in [9.17, 15) is 9.18 Å². The van der Waals surface area contributed by atoms with Gasteiger partial charge in [-0.25, -0.2) is 4.39 Å². The highest BCUT2D eigenvalue weighted by Crippen LogP contribution is 1.93. The maximum atomic E-state index is 11.4. The molecule has 0 saturated heterocycles. The average molecular weight is 136 g/mol. The van der Waals surface area contributed by atoms with E-state index in [1.54, 1.807) is 0 Å². The Morgan fingerprint density at radius 1 is 1.89 bits per heavy atom. The standard InChI is InChI=1S/C5H9FO3/c1-9-5(8)2-4(7)3-6/h4,7H,2-3H2,1H3/t4-/m0/s1. The molecule has 1 N–H and O–H groups in total. The van der Waals surface area contributed by atoms with Crippen molar-refractivity contribution in [1.29, 1.82) is 0 Å². The van der Waals surface area contributed by atoms with Crippen molar-refractivity contribution in [2.24, 2.45) is 0 Å². The number of halogens is 1. The lowest BCUT2D eigenvalue weighted by Gasteiger charge is -2.01. The second kappa shape index (κ2) is 4.26. The van der Waals surface area contributed by atoms with Gasteiger partial charge in [0.25, 0.3) is 0 Å². The van der Waals surface area contributed by atoms with Crippen LogP contribution in [0, 0.1) is 0 Å². The predicted molar refractivity (Wildman–Crippen MR) is 28.6 cm³/mol. The molecule has 4 heteroatoms. The molecule has 0 aliphatic rings. The van der Waals surface area contributed by atoms with Crippen LogP contribution in [0.3, 0.4) is 0 Å². The van der Waals surface area contributed by atoms with Gasteiger partial charge in [0.1, 0.15) is 6.67 Å². The van der Waals surface area contributed by atoms with Crippen LogP contribution in [0.4, 0.5) is 4.39 Å². The molecule has 0 aliphatic heterocycles. The highest BCUT2D eigenvalue weighted by atomic mass is 19.1. The van der Waals surface area contributed by atoms with E-state index in [4.69, 9.17) is 5.11 Å². The minimum absolute atomic E-state index is 0.271. The van der Waals surface area contributed by atoms with Crippen LogP contribution in [0.15, 0.2) is 0 Å². The van der Waals surface area contributed by atoms with Crippen molar-refractivity contribution in [3.05, 3.63) is 0 Å². The van der Waals surface area contributed by atoms with E-state index in [0.717, 1.165) is 0 Å². The Morgan fingerprint density at radius 2 is 2.44 bits per heavy atom. The van der Waals surface area contributed by atoms with E-state index in [1.807, 2.05) is 0 Å². The fourth-order valence-electron chi connectivity index (χ4n) is 0.330. The highest BCUT2D eigenvalue weighted by Gasteiger charge is 2.08. The summed E-state index contributed by atoms with van der Waals surface area (Å²) in [5, 5.41) is 8.48. The van der Waals surface area contributed by atoms with Crippen LogP contribution in [-0.4, -0.2) is 31.0 Å². The monoisotopic (exact) mass is 136 g/mol. The zero-order chi connectivity index (χ0) is 7.28. The zero-order valence-corrected chi connectivity index (χ0v) is 5.13. The van der Waals surface area contributed by atoms with Gasteiger partial charge in [0.2, 0.25) is 0 Å². The number of hydrogen-bond donors (Lipinski definition) is 1. The fraction of sp³-hybridized carbons (Fsp3) is 0.800. The van der Waals surface area contributed by atoms with Crippen molar-refractivity contribution in [3.63, 3.8) is 0 Å². The molecule has 0 saturated carbocycles. The Morgan fingerprint density at radius 3 is 2.78 bits per heavy atom. The smallest absolute Gasteiger partial charge is 0.308 e. The van der Waals surface area contributed by atoms with Gasteiger partial charge in [-0.2, -0.15) is 0 Å². The van der Waals surface area contributed by atoms with Crippen molar-refractivity contribution in [2.75, 3.05) is 13.8 Å². The molecule has 0 fully saturated rings. The number of esters is 1. The summed E-state index contributed by atoms with van der Waals surface area (Å²) in [5.41, 5.74) is 0. The van der Waals surface area contributed by atoms with Gasteiger partial charge in [-0.3, -0.25) is 4.79 Å². The summed E-state index contributed by atoms with van der Waals surface area (Å²) in [6.45, 7) is -0.908. The SMILES string of the molecule is COC(=O)C[C@H](O)CF. The summed E-state index contributed by atoms with van der Waals surface area (Å²) < 4.78 is 15.6. The molecule has 0 bridgehead atoms. The predicted octanol–water partition coefficient (Wildman–Crippen LogP) is -0.120. The average Bonchev–Trinajstić information content (AvgIpc) is 1.87. The normalized spacial score (nSPS) is 12.8. The van der Waals surface area contributed by atoms with Gasteiger partial charge >= 0.3 is 5.97 Å². The lowest BCUT2D eigenvalue weighted by molar-refractivity contribution is -0.143. The first-order valence-electron chi connectivity index (χ1n) is 2.51. The lowest BCUT2D eigenvalue weighted by atomic mass is 10.3. The highest BCUT2D eigenvalue weighted by molar-refractivity contribution is 5.69. The van der Waals surface area contributed by atoms with Crippen molar-refractivity contribution in [3.8, 4) is 0 Å². The van der Waals surface area contributed by atoms with Crippen molar-refractivity contribution < 1.29 is 19.0 Å². The van der Waals surface area contributed by atoms with Gasteiger partial charge in [0, 0.05) is 0 Å². The number of carbonyl (C=O) groups is 1. The first kappa shape index (κ1) is 8.36. The van der Waals surface area contributed by atoms with Gasteiger partial charge in [0.05, 0.1) is 19.6 Å². The molecule has 0 radical (unpaired) electrons. The molecule has 0 unspecified atom stereocenters. The molecule has 0 aliphatic carbocycles. The minimum atomic E-state index is -1.21. The molecule has 0 amide bonds. The van der Waals surface area contributed by atoms with Crippen LogP contribution < -0.4 is 0 Å². The molecular weight excluding hydrogens is 127 g/mol. The topological polar surface area (TPSA) is 46.5 Å². The quantitative estimate of drug-likeness (QED) is 0.550. The summed E-state index contributed by atoms with van der Waals surface area (Å²) in [7, 11) is 1.19. The fourth-order valence-corrected chi connectivity index (χ4v) is 0.330. The number of hydrogen-bond acceptors (Lipinski definition) is 3. The van der Waals surface area contributed by atoms with Crippen LogP contribution >= 0.6 is 0 Å². The minimum Gasteiger partial charge on any atom is -0.469 e. The van der Waals surface area contributed by atoms with Crippen LogP contribution in [0.5, 0.6) is 0 Å². The second-order valence-corrected chi connectivity index (χ2v) is 1.59. The maximum Gasteiger partial charge on any atom is 0.308 e. The van der Waals surface area contributed by atoms with Crippen molar-refractivity contribution >= 4 is 5.97 Å². The Kier molecular flexibility index (Phi) is 3.96. The lowest BCUT2D eigenvalue weighted by Crippen LogP contribution is -2.15. The van der Waals surface area contributed by atoms with Crippen LogP contribution in [0.2, 0.25) is 0 Å². The summed E-state index contributed by atoms with van der Waals surface area (Å²) in [6, 6.07) is 0. The van der Waals surface area contributed by atoms with E-state index in [-0.39, 0.29) is 6.42 Å². The van der Waals surface area contributed by atoms with Gasteiger partial charge < -0.3 is 9.84 Å². The maximum absolute atomic E-state index is 11.4. The van der Waals surface area contributed by atoms with Crippen LogP contribution in [-0.2, 0) is 9.53 Å². The number of aliphatic hydroxyl groups is 1. The number of methoxy groups -OCH3 is 1. The summed E-state index contributed by atoms with van der Waals surface area (Å²) >= 11 is 0. The second-order valence-electron chi connectivity index (χ2n) is 1.59. The molecule has 0 heterocycles. The Bertz CT molecular complexity index is 94.2. The molecule has 0 aromatic heterocycles. The molecule has 3 nitrogen and oxygen atoms in total. The summed E-state index contributed by atoms with van der Waals surface area (Å²) in [6.07, 6.45) is -1.48. The first-order chi connectivity index (χ1) is 4.20. The Labute approximate surface area is 52.4 Å². The third-order valence-corrected chi connectivity index (χ3v) is 0.808. The Balaban J connectivity index is 3.34. The number of aliphatic hydroxyl groups excluding tert-OH is 1. The molecule has 54 valence electrons. The largest absolute Gasteiger partial charge is 0.469 e. The molecule has 9 heavy (non-hydrogen) atoms. The van der Waals surface area contributed by atoms with Gasteiger partial charge in [-0.05, 0) is 0 Å². The van der Waals surface area contributed by atoms with E-state index >= 15 is 0 Å². The van der Waals surface area contributed by atoms with Crippen LogP contribution in [0.1, 0.15) is 6.42 Å². The number of rotatable bonds is 3. The number of ether oxygens (including phenoxy) is 1. The number of carbonyl (C=O) groups excluding carboxylic acids is 1. The molecule has 1 atom stereocenters. The first-order valence-corrected chi connectivity index (χ1v) is 2.51. The summed E-state index contributed by atoms with van der Waals surface area (Å²) in [5.74, 6) is -0.597. The molecule has 0 spiro atoms. The van der Waals surface area contributed by atoms with E-state index < -0.39 is 18.7 Å². The van der Waals surface area contributed by atoms with Gasteiger partial charge in [-0.15, -0.1) is 0 Å². The van der Waals surface area contributed by atoms with Crippen molar-refractivity contribution in [2.45, 2.75) is 12.5 Å². The van der Waals surface area contributed by atoms with Gasteiger partial charge in [0.15, 0.2) is 0 Å².